The fraction of sp³-hybridized carbons (Fsp3) is 0.886. The molecule has 0 radical (unpaired) electrons. The van der Waals surface area contributed by atoms with E-state index in [1.54, 1.807) is 0 Å². The highest BCUT2D eigenvalue weighted by Crippen LogP contribution is 2.23. The molecule has 1 heterocycles. The van der Waals surface area contributed by atoms with Crippen LogP contribution in [0.3, 0.4) is 0 Å². The van der Waals surface area contributed by atoms with E-state index in [4.69, 9.17) is 18.9 Å². The molecule has 4 N–H and O–H groups in total. The maximum atomic E-state index is 12.7. The second-order valence-corrected chi connectivity index (χ2v) is 15.5. The first kappa shape index (κ1) is 51.0. The maximum Gasteiger partial charge on any atom is 0.335 e. The second-order valence-electron chi connectivity index (χ2n) is 15.5. The molecule has 1 rings (SSSR count). The fourth-order valence-corrected chi connectivity index (χ4v) is 6.81. The third-order valence-electron chi connectivity index (χ3n) is 10.4. The molecule has 0 bridgehead atoms. The van der Waals surface area contributed by atoms with Gasteiger partial charge in [-0.1, -0.05) is 161 Å². The summed E-state index contributed by atoms with van der Waals surface area (Å²) in [5.41, 5.74) is 0. The summed E-state index contributed by atoms with van der Waals surface area (Å²) in [6.45, 7) is 3.81. The number of carbonyl (C=O) groups excluding carboxylic acids is 2. The molecule has 55 heavy (non-hydrogen) atoms. The normalized spacial score (nSPS) is 20.5. The summed E-state index contributed by atoms with van der Waals surface area (Å²) in [6, 6.07) is 0. The van der Waals surface area contributed by atoms with Gasteiger partial charge in [-0.2, -0.15) is 0 Å². The molecule has 1 aliphatic rings. The van der Waals surface area contributed by atoms with Gasteiger partial charge in [0.1, 0.15) is 24.9 Å². The van der Waals surface area contributed by atoms with Crippen LogP contribution in [-0.4, -0.2) is 88.4 Å². The van der Waals surface area contributed by atoms with Gasteiger partial charge in [0, 0.05) is 12.8 Å². The summed E-state index contributed by atoms with van der Waals surface area (Å²) in [5, 5.41) is 39.8. The molecule has 6 unspecified atom stereocenters. The van der Waals surface area contributed by atoms with Gasteiger partial charge >= 0.3 is 17.9 Å². The summed E-state index contributed by atoms with van der Waals surface area (Å²) in [5.74, 6) is -2.44. The van der Waals surface area contributed by atoms with Crippen molar-refractivity contribution in [2.75, 3.05) is 13.2 Å². The molecule has 0 aliphatic carbocycles. The summed E-state index contributed by atoms with van der Waals surface area (Å²) in [6.07, 6.45) is 26.9. The molecule has 322 valence electrons. The minimum atomic E-state index is -1.86. The standard InChI is InChI=1S/C44H80O11/c1-3-5-7-9-11-13-15-17-19-21-22-24-26-28-30-32-37(45)52-34-36(35-53-44-41(49)39(47)40(48)42(55-44)43(50)51)54-38(46)33-31-29-27-25-23-20-18-16-14-12-10-8-6-4-2/h17,19,36,39-42,44,47-49H,3-16,18,20-35H2,1-2H3,(H,50,51)/b19-17-. The first-order chi connectivity index (χ1) is 26.7. The number of carboxylic acid groups (broad SMARTS) is 1. The zero-order valence-corrected chi connectivity index (χ0v) is 34.7. The number of aliphatic carboxylic acids is 1. The summed E-state index contributed by atoms with van der Waals surface area (Å²) >= 11 is 0. The van der Waals surface area contributed by atoms with Crippen LogP contribution in [0.25, 0.3) is 0 Å². The van der Waals surface area contributed by atoms with E-state index in [0.717, 1.165) is 57.8 Å². The van der Waals surface area contributed by atoms with E-state index < -0.39 is 54.7 Å². The van der Waals surface area contributed by atoms with E-state index in [0.29, 0.717) is 12.8 Å². The topological polar surface area (TPSA) is 169 Å². The van der Waals surface area contributed by atoms with Crippen molar-refractivity contribution < 1.29 is 53.8 Å². The zero-order chi connectivity index (χ0) is 40.4. The molecule has 1 fully saturated rings. The number of aliphatic hydroxyl groups excluding tert-OH is 3. The van der Waals surface area contributed by atoms with Crippen LogP contribution in [0.1, 0.15) is 200 Å². The molecule has 1 aliphatic heterocycles. The molecular weight excluding hydrogens is 704 g/mol. The minimum Gasteiger partial charge on any atom is -0.479 e. The number of aliphatic hydroxyl groups is 3. The number of carbonyl (C=O) groups is 3. The van der Waals surface area contributed by atoms with Crippen molar-refractivity contribution in [3.63, 3.8) is 0 Å². The lowest BCUT2D eigenvalue weighted by molar-refractivity contribution is -0.298. The summed E-state index contributed by atoms with van der Waals surface area (Å²) < 4.78 is 21.7. The van der Waals surface area contributed by atoms with Crippen LogP contribution >= 0.6 is 0 Å². The Hall–Kier alpha value is -2.05. The van der Waals surface area contributed by atoms with Gasteiger partial charge < -0.3 is 39.4 Å². The minimum absolute atomic E-state index is 0.186. The van der Waals surface area contributed by atoms with Gasteiger partial charge in [0.2, 0.25) is 0 Å². The Labute approximate surface area is 333 Å². The molecule has 0 aromatic heterocycles. The predicted octanol–water partition coefficient (Wildman–Crippen LogP) is 9.26. The third kappa shape index (κ3) is 27.3. The van der Waals surface area contributed by atoms with Crippen LogP contribution in [0, 0.1) is 0 Å². The number of allylic oxidation sites excluding steroid dienone is 2. The molecule has 0 aromatic carbocycles. The van der Waals surface area contributed by atoms with Gasteiger partial charge in [0.25, 0.3) is 0 Å². The maximum absolute atomic E-state index is 12.7. The lowest BCUT2D eigenvalue weighted by Crippen LogP contribution is -2.60. The molecule has 0 aromatic rings. The van der Waals surface area contributed by atoms with Crippen molar-refractivity contribution in [2.24, 2.45) is 0 Å². The van der Waals surface area contributed by atoms with E-state index in [2.05, 4.69) is 26.0 Å². The first-order valence-corrected chi connectivity index (χ1v) is 22.2. The number of rotatable bonds is 37. The van der Waals surface area contributed by atoms with Crippen molar-refractivity contribution in [1.82, 2.24) is 0 Å². The quantitative estimate of drug-likeness (QED) is 0.0269. The highest BCUT2D eigenvalue weighted by molar-refractivity contribution is 5.73. The van der Waals surface area contributed by atoms with E-state index in [1.807, 2.05) is 0 Å². The molecule has 1 saturated heterocycles. The smallest absolute Gasteiger partial charge is 0.335 e. The van der Waals surface area contributed by atoms with E-state index >= 15 is 0 Å². The van der Waals surface area contributed by atoms with Gasteiger partial charge in [-0.25, -0.2) is 4.79 Å². The summed E-state index contributed by atoms with van der Waals surface area (Å²) in [4.78, 5) is 36.8. The zero-order valence-electron chi connectivity index (χ0n) is 34.7. The molecule has 11 nitrogen and oxygen atoms in total. The van der Waals surface area contributed by atoms with Gasteiger partial charge in [-0.3, -0.25) is 9.59 Å². The third-order valence-corrected chi connectivity index (χ3v) is 10.4. The van der Waals surface area contributed by atoms with Crippen molar-refractivity contribution in [2.45, 2.75) is 237 Å². The van der Waals surface area contributed by atoms with Crippen molar-refractivity contribution in [1.29, 1.82) is 0 Å². The Balaban J connectivity index is 2.38. The van der Waals surface area contributed by atoms with Gasteiger partial charge in [-0.15, -0.1) is 0 Å². The number of ether oxygens (including phenoxy) is 4. The van der Waals surface area contributed by atoms with E-state index in [9.17, 15) is 34.8 Å². The molecule has 11 heteroatoms. The average Bonchev–Trinajstić information content (AvgIpc) is 3.17. The molecule has 0 amide bonds. The van der Waals surface area contributed by atoms with Gasteiger partial charge in [0.05, 0.1) is 6.61 Å². The summed E-state index contributed by atoms with van der Waals surface area (Å²) in [7, 11) is 0. The molecule has 0 saturated carbocycles. The molecule has 6 atom stereocenters. The Kier molecular flexibility index (Phi) is 32.6. The number of carboxylic acids is 1. The van der Waals surface area contributed by atoms with Gasteiger partial charge in [0.15, 0.2) is 18.5 Å². The van der Waals surface area contributed by atoms with Crippen LogP contribution in [-0.2, 0) is 33.3 Å². The monoisotopic (exact) mass is 785 g/mol. The molecular formula is C44H80O11. The fourth-order valence-electron chi connectivity index (χ4n) is 6.81. The Morgan fingerprint density at radius 2 is 0.964 bits per heavy atom. The Morgan fingerprint density at radius 1 is 0.545 bits per heavy atom. The lowest BCUT2D eigenvalue weighted by atomic mass is 9.99. The van der Waals surface area contributed by atoms with Crippen molar-refractivity contribution in [3.8, 4) is 0 Å². The van der Waals surface area contributed by atoms with Crippen LogP contribution in [0.5, 0.6) is 0 Å². The average molecular weight is 785 g/mol. The van der Waals surface area contributed by atoms with E-state index in [-0.39, 0.29) is 26.1 Å². The van der Waals surface area contributed by atoms with Gasteiger partial charge in [-0.05, 0) is 38.5 Å². The Bertz CT molecular complexity index is 973. The number of hydrogen-bond acceptors (Lipinski definition) is 10. The highest BCUT2D eigenvalue weighted by atomic mass is 16.7. The van der Waals surface area contributed by atoms with Crippen molar-refractivity contribution in [3.05, 3.63) is 12.2 Å². The lowest BCUT2D eigenvalue weighted by Gasteiger charge is -2.38. The van der Waals surface area contributed by atoms with Crippen LogP contribution in [0.15, 0.2) is 12.2 Å². The predicted molar refractivity (Wildman–Crippen MR) is 215 cm³/mol. The SMILES string of the molecule is CCCCCCCC/C=C\CCCCCCCC(=O)OCC(COC1OC(C(=O)O)C(O)C(O)C1O)OC(=O)CCCCCCCCCCCCCCCC. The number of esters is 2. The first-order valence-electron chi connectivity index (χ1n) is 22.2. The second kappa shape index (κ2) is 35.1. The largest absolute Gasteiger partial charge is 0.479 e. The highest BCUT2D eigenvalue weighted by Gasteiger charge is 2.47. The van der Waals surface area contributed by atoms with Crippen LogP contribution < -0.4 is 0 Å². The van der Waals surface area contributed by atoms with Crippen LogP contribution in [0.2, 0.25) is 0 Å². The number of unbranched alkanes of at least 4 members (excludes halogenated alkanes) is 24. The van der Waals surface area contributed by atoms with Crippen molar-refractivity contribution >= 4 is 17.9 Å². The number of hydrogen-bond donors (Lipinski definition) is 4. The van der Waals surface area contributed by atoms with Crippen LogP contribution in [0.4, 0.5) is 0 Å². The molecule has 0 spiro atoms. The Morgan fingerprint density at radius 3 is 1.42 bits per heavy atom. The van der Waals surface area contributed by atoms with E-state index in [1.165, 1.54) is 103 Å².